The van der Waals surface area contributed by atoms with Crippen LogP contribution in [0.15, 0.2) is 18.2 Å². The van der Waals surface area contributed by atoms with Crippen LogP contribution in [0.2, 0.25) is 0 Å². The van der Waals surface area contributed by atoms with E-state index in [1.165, 1.54) is 11.1 Å². The lowest BCUT2D eigenvalue weighted by Gasteiger charge is -2.11. The maximum Gasteiger partial charge on any atom is 0.395 e. The molecule has 3 heteroatoms. The van der Waals surface area contributed by atoms with E-state index >= 15 is 0 Å². The third-order valence-corrected chi connectivity index (χ3v) is 2.66. The second kappa shape index (κ2) is 6.58. The Labute approximate surface area is 92.9 Å². The van der Waals surface area contributed by atoms with Gasteiger partial charge in [-0.2, -0.15) is 0 Å². The van der Waals surface area contributed by atoms with Crippen molar-refractivity contribution in [2.75, 3.05) is 0 Å². The molecule has 0 fully saturated rings. The van der Waals surface area contributed by atoms with Gasteiger partial charge in [0.2, 0.25) is 0 Å². The van der Waals surface area contributed by atoms with Gasteiger partial charge in [-0.3, -0.25) is 0 Å². The average molecular weight is 224 g/mol. The molecule has 0 N–H and O–H groups in total. The second-order valence-corrected chi connectivity index (χ2v) is 3.89. The fourth-order valence-corrected chi connectivity index (χ4v) is 2.03. The van der Waals surface area contributed by atoms with E-state index in [-0.39, 0.29) is 8.69 Å². The van der Waals surface area contributed by atoms with Crippen LogP contribution in [0.25, 0.3) is 0 Å². The van der Waals surface area contributed by atoms with Gasteiger partial charge in [0.05, 0.1) is 0 Å². The Hall–Kier alpha value is -0.880. The fraction of sp³-hybridized carbons (Fsp3) is 0.500. The SMILES string of the molecule is CCCc1cccc(OP=O)c1CCC. The van der Waals surface area contributed by atoms with Crippen molar-refractivity contribution in [2.24, 2.45) is 0 Å². The number of rotatable bonds is 6. The molecule has 0 saturated carbocycles. The van der Waals surface area contributed by atoms with Gasteiger partial charge in [0.15, 0.2) is 0 Å². The van der Waals surface area contributed by atoms with Crippen LogP contribution in [0.5, 0.6) is 5.75 Å². The first kappa shape index (κ1) is 12.2. The maximum absolute atomic E-state index is 10.5. The first-order valence-electron chi connectivity index (χ1n) is 5.43. The van der Waals surface area contributed by atoms with Gasteiger partial charge in [0, 0.05) is 0 Å². The van der Waals surface area contributed by atoms with Crippen LogP contribution in [0.4, 0.5) is 0 Å². The van der Waals surface area contributed by atoms with Gasteiger partial charge in [-0.05, 0) is 30.0 Å². The van der Waals surface area contributed by atoms with Crippen molar-refractivity contribution in [1.82, 2.24) is 0 Å². The Bertz CT molecular complexity index is 323. The molecule has 15 heavy (non-hydrogen) atoms. The van der Waals surface area contributed by atoms with Crippen LogP contribution in [-0.4, -0.2) is 0 Å². The normalized spacial score (nSPS) is 10.5. The van der Waals surface area contributed by atoms with Crippen molar-refractivity contribution >= 4 is 8.69 Å². The standard InChI is InChI=1S/C12H17O2P/c1-3-6-10-8-5-9-12(14-15-13)11(10)7-4-2/h5,8-9H,3-4,6-7H2,1-2H3. The monoisotopic (exact) mass is 224 g/mol. The Balaban J connectivity index is 3.02. The van der Waals surface area contributed by atoms with Crippen LogP contribution in [0, 0.1) is 0 Å². The highest BCUT2D eigenvalue weighted by Gasteiger charge is 2.08. The van der Waals surface area contributed by atoms with Crippen molar-refractivity contribution in [3.63, 3.8) is 0 Å². The molecule has 1 aromatic rings. The van der Waals surface area contributed by atoms with E-state index in [0.717, 1.165) is 31.4 Å². The molecule has 0 atom stereocenters. The number of benzene rings is 1. The number of aryl methyl sites for hydroxylation is 1. The lowest BCUT2D eigenvalue weighted by molar-refractivity contribution is 0.520. The highest BCUT2D eigenvalue weighted by molar-refractivity contribution is 7.17. The quantitative estimate of drug-likeness (QED) is 0.677. The molecule has 0 aromatic heterocycles. The van der Waals surface area contributed by atoms with Gasteiger partial charge in [-0.15, -0.1) is 0 Å². The molecular weight excluding hydrogens is 207 g/mol. The Morgan fingerprint density at radius 1 is 1.20 bits per heavy atom. The third-order valence-electron chi connectivity index (χ3n) is 2.39. The molecule has 1 aromatic carbocycles. The van der Waals surface area contributed by atoms with Gasteiger partial charge in [0.25, 0.3) is 0 Å². The summed E-state index contributed by atoms with van der Waals surface area (Å²) in [6.07, 6.45) is 4.24. The summed E-state index contributed by atoms with van der Waals surface area (Å²) in [6.45, 7) is 4.30. The summed E-state index contributed by atoms with van der Waals surface area (Å²) in [4.78, 5) is 0. The third kappa shape index (κ3) is 3.32. The zero-order chi connectivity index (χ0) is 11.1. The first-order valence-corrected chi connectivity index (χ1v) is 6.16. The molecule has 82 valence electrons. The summed E-state index contributed by atoms with van der Waals surface area (Å²) >= 11 is 0. The van der Waals surface area contributed by atoms with E-state index in [4.69, 9.17) is 4.52 Å². The first-order chi connectivity index (χ1) is 7.33. The van der Waals surface area contributed by atoms with E-state index < -0.39 is 0 Å². The maximum atomic E-state index is 10.5. The predicted molar refractivity (Wildman–Crippen MR) is 62.7 cm³/mol. The van der Waals surface area contributed by atoms with Gasteiger partial charge in [-0.25, -0.2) is 4.57 Å². The van der Waals surface area contributed by atoms with Crippen molar-refractivity contribution < 1.29 is 9.09 Å². The molecule has 0 radical (unpaired) electrons. The zero-order valence-electron chi connectivity index (χ0n) is 9.32. The minimum Gasteiger partial charge on any atom is -0.407 e. The smallest absolute Gasteiger partial charge is 0.395 e. The van der Waals surface area contributed by atoms with Gasteiger partial charge in [-0.1, -0.05) is 38.8 Å². The lowest BCUT2D eigenvalue weighted by Crippen LogP contribution is -1.96. The summed E-state index contributed by atoms with van der Waals surface area (Å²) in [5.41, 5.74) is 2.53. The zero-order valence-corrected chi connectivity index (χ0v) is 10.2. The highest BCUT2D eigenvalue weighted by atomic mass is 31.1. The molecule has 2 nitrogen and oxygen atoms in total. The van der Waals surface area contributed by atoms with Crippen LogP contribution < -0.4 is 4.52 Å². The lowest BCUT2D eigenvalue weighted by atomic mass is 9.99. The van der Waals surface area contributed by atoms with E-state index in [0.29, 0.717) is 0 Å². The Morgan fingerprint density at radius 3 is 2.53 bits per heavy atom. The van der Waals surface area contributed by atoms with E-state index in [2.05, 4.69) is 19.9 Å². The van der Waals surface area contributed by atoms with Gasteiger partial charge in [0.1, 0.15) is 5.75 Å². The summed E-state index contributed by atoms with van der Waals surface area (Å²) in [7, 11) is -0.272. The van der Waals surface area contributed by atoms with Crippen LogP contribution in [0.1, 0.15) is 37.8 Å². The van der Waals surface area contributed by atoms with E-state index in [1.54, 1.807) is 0 Å². The molecule has 0 heterocycles. The Kier molecular flexibility index (Phi) is 5.34. The van der Waals surface area contributed by atoms with Crippen molar-refractivity contribution in [2.45, 2.75) is 39.5 Å². The molecular formula is C12H17O2P. The topological polar surface area (TPSA) is 26.3 Å². The number of hydrogen-bond acceptors (Lipinski definition) is 2. The van der Waals surface area contributed by atoms with Crippen LogP contribution in [0.3, 0.4) is 0 Å². The number of hydrogen-bond donors (Lipinski definition) is 0. The summed E-state index contributed by atoms with van der Waals surface area (Å²) in [5.74, 6) is 0.763. The fourth-order valence-electron chi connectivity index (χ4n) is 1.77. The van der Waals surface area contributed by atoms with Crippen molar-refractivity contribution in [3.05, 3.63) is 29.3 Å². The molecule has 0 unspecified atom stereocenters. The summed E-state index contributed by atoms with van der Waals surface area (Å²) in [6, 6.07) is 5.97. The summed E-state index contributed by atoms with van der Waals surface area (Å²) < 4.78 is 15.6. The molecule has 0 saturated heterocycles. The van der Waals surface area contributed by atoms with Gasteiger partial charge < -0.3 is 4.52 Å². The summed E-state index contributed by atoms with van der Waals surface area (Å²) in [5, 5.41) is 0. The Morgan fingerprint density at radius 2 is 1.93 bits per heavy atom. The molecule has 0 aliphatic carbocycles. The van der Waals surface area contributed by atoms with Gasteiger partial charge >= 0.3 is 8.69 Å². The molecule has 0 aliphatic rings. The largest absolute Gasteiger partial charge is 0.407 e. The van der Waals surface area contributed by atoms with Crippen molar-refractivity contribution in [1.29, 1.82) is 0 Å². The minimum atomic E-state index is -0.272. The molecule has 1 rings (SSSR count). The average Bonchev–Trinajstić information content (AvgIpc) is 2.23. The molecule has 0 spiro atoms. The predicted octanol–water partition coefficient (Wildman–Crippen LogP) is 4.18. The molecule has 0 aliphatic heterocycles. The van der Waals surface area contributed by atoms with E-state index in [1.807, 2.05) is 12.1 Å². The van der Waals surface area contributed by atoms with E-state index in [9.17, 15) is 4.57 Å². The molecule has 0 amide bonds. The second-order valence-electron chi connectivity index (χ2n) is 3.56. The molecule has 0 bridgehead atoms. The minimum absolute atomic E-state index is 0.272. The van der Waals surface area contributed by atoms with Crippen LogP contribution in [-0.2, 0) is 17.4 Å². The highest BCUT2D eigenvalue weighted by Crippen LogP contribution is 2.27. The van der Waals surface area contributed by atoms with Crippen LogP contribution >= 0.6 is 8.69 Å². The van der Waals surface area contributed by atoms with Crippen molar-refractivity contribution in [3.8, 4) is 5.75 Å².